The summed E-state index contributed by atoms with van der Waals surface area (Å²) in [6.07, 6.45) is 0.784. The van der Waals surface area contributed by atoms with Crippen LogP contribution in [0.4, 0.5) is 10.7 Å². The maximum Gasteiger partial charge on any atom is 0.321 e. The molecule has 0 spiro atoms. The number of halogens is 1. The smallest absolute Gasteiger partial charge is 0.321 e. The Morgan fingerprint density at radius 3 is 3.00 bits per heavy atom. The molecule has 15 heavy (non-hydrogen) atoms. The van der Waals surface area contributed by atoms with E-state index in [2.05, 4.69) is 26.6 Å². The summed E-state index contributed by atoms with van der Waals surface area (Å²) in [5.41, 5.74) is 0. The minimum absolute atomic E-state index is 0.284. The lowest BCUT2D eigenvalue weighted by atomic mass is 10.4. The van der Waals surface area contributed by atoms with E-state index in [1.807, 2.05) is 0 Å². The van der Waals surface area contributed by atoms with Gasteiger partial charge in [-0.05, 0) is 28.4 Å². The molecule has 0 aliphatic heterocycles. The van der Waals surface area contributed by atoms with Crippen LogP contribution in [0.2, 0.25) is 0 Å². The highest BCUT2D eigenvalue weighted by molar-refractivity contribution is 9.10. The highest BCUT2D eigenvalue weighted by atomic mass is 79.9. The lowest BCUT2D eigenvalue weighted by Gasteiger charge is -2.04. The van der Waals surface area contributed by atoms with Crippen LogP contribution in [0.1, 0.15) is 6.42 Å². The predicted octanol–water partition coefficient (Wildman–Crippen LogP) is 2.20. The average molecular weight is 277 g/mol. The van der Waals surface area contributed by atoms with Crippen LogP contribution in [-0.2, 0) is 4.74 Å². The first-order chi connectivity index (χ1) is 7.22. The molecule has 6 heteroatoms. The van der Waals surface area contributed by atoms with Gasteiger partial charge in [0.15, 0.2) is 4.67 Å². The first-order valence-electron chi connectivity index (χ1n) is 4.51. The third-order valence-corrected chi connectivity index (χ3v) is 2.05. The van der Waals surface area contributed by atoms with Crippen molar-refractivity contribution in [3.63, 3.8) is 0 Å². The van der Waals surface area contributed by atoms with E-state index in [4.69, 9.17) is 9.15 Å². The summed E-state index contributed by atoms with van der Waals surface area (Å²) in [6, 6.07) is 3.09. The van der Waals surface area contributed by atoms with Gasteiger partial charge in [-0.1, -0.05) is 0 Å². The molecule has 1 aromatic heterocycles. The first-order valence-corrected chi connectivity index (χ1v) is 5.31. The Kier molecular flexibility index (Phi) is 5.20. The quantitative estimate of drug-likeness (QED) is 0.811. The lowest BCUT2D eigenvalue weighted by molar-refractivity contribution is 0.194. The number of hydrogen-bond donors (Lipinski definition) is 2. The van der Waals surface area contributed by atoms with E-state index in [1.54, 1.807) is 19.2 Å². The minimum atomic E-state index is -0.284. The summed E-state index contributed by atoms with van der Waals surface area (Å²) in [7, 11) is 1.63. The Hall–Kier alpha value is -1.01. The van der Waals surface area contributed by atoms with Crippen LogP contribution in [0.3, 0.4) is 0 Å². The van der Waals surface area contributed by atoms with Gasteiger partial charge in [-0.3, -0.25) is 5.32 Å². The molecular formula is C9H13BrN2O3. The summed E-state index contributed by atoms with van der Waals surface area (Å²) in [6.45, 7) is 1.20. The SMILES string of the molecule is COCCCNC(=O)Nc1ccc(Br)o1. The van der Waals surface area contributed by atoms with Gasteiger partial charge in [0.05, 0.1) is 0 Å². The second kappa shape index (κ2) is 6.47. The number of ether oxygens (including phenoxy) is 1. The van der Waals surface area contributed by atoms with Gasteiger partial charge in [0, 0.05) is 26.3 Å². The summed E-state index contributed by atoms with van der Waals surface area (Å²) >= 11 is 3.14. The van der Waals surface area contributed by atoms with Gasteiger partial charge >= 0.3 is 6.03 Å². The van der Waals surface area contributed by atoms with Gasteiger partial charge in [0.2, 0.25) is 5.88 Å². The van der Waals surface area contributed by atoms with Crippen LogP contribution in [0.5, 0.6) is 0 Å². The number of furan rings is 1. The third-order valence-electron chi connectivity index (χ3n) is 1.62. The van der Waals surface area contributed by atoms with Crippen molar-refractivity contribution in [2.24, 2.45) is 0 Å². The van der Waals surface area contributed by atoms with Crippen molar-refractivity contribution >= 4 is 27.8 Å². The molecule has 1 aromatic rings. The average Bonchev–Trinajstić information content (AvgIpc) is 2.59. The van der Waals surface area contributed by atoms with Crippen LogP contribution < -0.4 is 10.6 Å². The van der Waals surface area contributed by atoms with Gasteiger partial charge < -0.3 is 14.5 Å². The van der Waals surface area contributed by atoms with E-state index in [1.165, 1.54) is 0 Å². The standard InChI is InChI=1S/C9H13BrN2O3/c1-14-6-2-5-11-9(13)12-8-4-3-7(10)15-8/h3-4H,2,5-6H2,1H3,(H2,11,12,13). The van der Waals surface area contributed by atoms with Crippen molar-refractivity contribution in [3.8, 4) is 0 Å². The van der Waals surface area contributed by atoms with Crippen LogP contribution in [0.25, 0.3) is 0 Å². The molecule has 0 saturated heterocycles. The molecule has 0 atom stereocenters. The molecule has 0 radical (unpaired) electrons. The maximum absolute atomic E-state index is 11.2. The number of hydrogen-bond acceptors (Lipinski definition) is 3. The molecule has 1 heterocycles. The normalized spacial score (nSPS) is 10.0. The van der Waals surface area contributed by atoms with Crippen molar-refractivity contribution in [2.75, 3.05) is 25.6 Å². The molecule has 84 valence electrons. The van der Waals surface area contributed by atoms with Crippen molar-refractivity contribution in [3.05, 3.63) is 16.8 Å². The topological polar surface area (TPSA) is 63.5 Å². The zero-order chi connectivity index (χ0) is 11.1. The molecule has 5 nitrogen and oxygen atoms in total. The molecule has 2 amide bonds. The summed E-state index contributed by atoms with van der Waals surface area (Å²) < 4.78 is 10.5. The van der Waals surface area contributed by atoms with Crippen LogP contribution >= 0.6 is 15.9 Å². The van der Waals surface area contributed by atoms with E-state index in [-0.39, 0.29) is 6.03 Å². The highest BCUT2D eigenvalue weighted by Crippen LogP contribution is 2.17. The monoisotopic (exact) mass is 276 g/mol. The minimum Gasteiger partial charge on any atom is -0.434 e. The van der Waals surface area contributed by atoms with Crippen molar-refractivity contribution < 1.29 is 13.9 Å². The molecule has 0 saturated carbocycles. The maximum atomic E-state index is 11.2. The van der Waals surface area contributed by atoms with Crippen molar-refractivity contribution in [2.45, 2.75) is 6.42 Å². The second-order valence-corrected chi connectivity index (χ2v) is 3.61. The Morgan fingerprint density at radius 2 is 2.40 bits per heavy atom. The Morgan fingerprint density at radius 1 is 1.60 bits per heavy atom. The fourth-order valence-corrected chi connectivity index (χ4v) is 1.26. The number of carbonyl (C=O) groups is 1. The van der Waals surface area contributed by atoms with Crippen molar-refractivity contribution in [1.82, 2.24) is 5.32 Å². The molecule has 1 rings (SSSR count). The van der Waals surface area contributed by atoms with Crippen molar-refractivity contribution in [1.29, 1.82) is 0 Å². The summed E-state index contributed by atoms with van der Waals surface area (Å²) in [5.74, 6) is 0.408. The fourth-order valence-electron chi connectivity index (χ4n) is 0.956. The first kappa shape index (κ1) is 12.1. The molecule has 0 aromatic carbocycles. The third kappa shape index (κ3) is 4.85. The number of rotatable bonds is 5. The Balaban J connectivity index is 2.18. The van der Waals surface area contributed by atoms with E-state index in [9.17, 15) is 4.79 Å². The largest absolute Gasteiger partial charge is 0.434 e. The van der Waals surface area contributed by atoms with Gasteiger partial charge in [0.25, 0.3) is 0 Å². The number of carbonyl (C=O) groups excluding carboxylic acids is 1. The van der Waals surface area contributed by atoms with Gasteiger partial charge in [-0.25, -0.2) is 4.79 Å². The lowest BCUT2D eigenvalue weighted by Crippen LogP contribution is -2.29. The van der Waals surface area contributed by atoms with Crippen LogP contribution in [0.15, 0.2) is 21.2 Å². The zero-order valence-electron chi connectivity index (χ0n) is 8.38. The molecular weight excluding hydrogens is 264 g/mol. The molecule has 0 unspecified atom stereocenters. The number of urea groups is 1. The predicted molar refractivity (Wildman–Crippen MR) is 59.9 cm³/mol. The zero-order valence-corrected chi connectivity index (χ0v) is 9.96. The highest BCUT2D eigenvalue weighted by Gasteiger charge is 2.03. The molecule has 0 fully saturated rings. The second-order valence-electron chi connectivity index (χ2n) is 2.83. The summed E-state index contributed by atoms with van der Waals surface area (Å²) in [5, 5.41) is 5.22. The number of amides is 2. The van der Waals surface area contributed by atoms with E-state index in [0.29, 0.717) is 23.7 Å². The number of nitrogens with one attached hydrogen (secondary N) is 2. The fraction of sp³-hybridized carbons (Fsp3) is 0.444. The van der Waals surface area contributed by atoms with E-state index in [0.717, 1.165) is 6.42 Å². The molecule has 0 aliphatic carbocycles. The Labute approximate surface area is 96.3 Å². The number of anilines is 1. The summed E-state index contributed by atoms with van der Waals surface area (Å²) in [4.78, 5) is 11.2. The van der Waals surface area contributed by atoms with Gasteiger partial charge in [-0.2, -0.15) is 0 Å². The van der Waals surface area contributed by atoms with E-state index >= 15 is 0 Å². The molecule has 0 bridgehead atoms. The molecule has 2 N–H and O–H groups in total. The Bertz CT molecular complexity index is 314. The molecule has 0 aliphatic rings. The van der Waals surface area contributed by atoms with Gasteiger partial charge in [-0.15, -0.1) is 0 Å². The van der Waals surface area contributed by atoms with Crippen LogP contribution in [0, 0.1) is 0 Å². The number of methoxy groups -OCH3 is 1. The van der Waals surface area contributed by atoms with Gasteiger partial charge in [0.1, 0.15) is 0 Å². The van der Waals surface area contributed by atoms with Crippen LogP contribution in [-0.4, -0.2) is 26.3 Å². The van der Waals surface area contributed by atoms with E-state index < -0.39 is 0 Å².